The van der Waals surface area contributed by atoms with Gasteiger partial charge >= 0.3 is 0 Å². The van der Waals surface area contributed by atoms with E-state index in [1.165, 1.54) is 17.4 Å². The van der Waals surface area contributed by atoms with E-state index in [0.717, 1.165) is 88.9 Å². The zero-order valence-electron chi connectivity index (χ0n) is 30.7. The highest BCUT2D eigenvalue weighted by Gasteiger charge is 2.44. The van der Waals surface area contributed by atoms with Crippen LogP contribution in [0.25, 0.3) is 21.0 Å². The highest BCUT2D eigenvalue weighted by molar-refractivity contribution is 7.19. The Balaban J connectivity index is 0.000000200. The minimum Gasteiger partial charge on any atom is -0.381 e. The van der Waals surface area contributed by atoms with Crippen LogP contribution in [-0.4, -0.2) is 61.4 Å². The number of halogens is 1. The molecule has 2 amide bonds. The van der Waals surface area contributed by atoms with Crippen LogP contribution >= 0.6 is 11.3 Å². The highest BCUT2D eigenvalue weighted by Crippen LogP contribution is 2.45. The Morgan fingerprint density at radius 2 is 1.64 bits per heavy atom. The lowest BCUT2D eigenvalue weighted by Crippen LogP contribution is -2.59. The van der Waals surface area contributed by atoms with Crippen molar-refractivity contribution in [2.45, 2.75) is 47.0 Å². The van der Waals surface area contributed by atoms with E-state index in [1.807, 2.05) is 99.5 Å². The lowest BCUT2D eigenvalue weighted by Gasteiger charge is -2.53. The van der Waals surface area contributed by atoms with E-state index in [-0.39, 0.29) is 18.1 Å². The Morgan fingerprint density at radius 3 is 2.32 bits per heavy atom. The van der Waals surface area contributed by atoms with Crippen molar-refractivity contribution in [2.24, 2.45) is 11.1 Å². The van der Waals surface area contributed by atoms with Crippen molar-refractivity contribution in [3.63, 3.8) is 0 Å². The molecule has 9 nitrogen and oxygen atoms in total. The van der Waals surface area contributed by atoms with E-state index < -0.39 is 0 Å². The van der Waals surface area contributed by atoms with Crippen molar-refractivity contribution in [1.82, 2.24) is 9.97 Å². The number of ether oxygens (including phenoxy) is 1. The number of hydrogen-bond donors (Lipinski definition) is 1. The van der Waals surface area contributed by atoms with E-state index in [2.05, 4.69) is 20.6 Å². The zero-order chi connectivity index (χ0) is 38.0. The largest absolute Gasteiger partial charge is 0.381 e. The lowest BCUT2D eigenvalue weighted by atomic mass is 9.73. The number of anilines is 2. The van der Waals surface area contributed by atoms with E-state index in [4.69, 9.17) is 9.53 Å². The van der Waals surface area contributed by atoms with Gasteiger partial charge in [-0.1, -0.05) is 49.7 Å². The van der Waals surface area contributed by atoms with Gasteiger partial charge in [0.1, 0.15) is 17.3 Å². The maximum Gasteiger partial charge on any atom is 0.258 e. The predicted molar refractivity (Wildman–Crippen MR) is 210 cm³/mol. The number of rotatable bonds is 4. The molecule has 0 bridgehead atoms. The standard InChI is InChI=1S/C25H19FN2OS.C14H18N2O2.C2H6.CH3NO/c1-16-8-10-17(11-9-16)25(29)28-14-12-18-15-22(23-20(26)6-4-13-27-23)30-24(18)19-5-2-3-7-21(19)28;1-11-6-12(8-17)13(15-7-11)16-9-14(10-16)2-4-18-5-3-14;1-2;2-1-3/h2-11,13,15H,12,14H2,1H3;6-8H,2-5,9-10H2,1H3;1-2H3;1H,(H2,2,3). The Bertz CT molecular complexity index is 2020. The summed E-state index contributed by atoms with van der Waals surface area (Å²) in [6, 6.07) is 22.6. The normalized spacial score (nSPS) is 15.0. The summed E-state index contributed by atoms with van der Waals surface area (Å²) in [4.78, 5) is 47.6. The zero-order valence-corrected chi connectivity index (χ0v) is 31.5. The number of nitrogens with two attached hydrogens (primary N) is 1. The van der Waals surface area contributed by atoms with Gasteiger partial charge in [0, 0.05) is 66.7 Å². The molecule has 2 aromatic carbocycles. The quantitative estimate of drug-likeness (QED) is 0.186. The van der Waals surface area contributed by atoms with E-state index >= 15 is 0 Å². The number of aryl methyl sites for hydroxylation is 2. The molecule has 0 saturated carbocycles. The lowest BCUT2D eigenvalue weighted by molar-refractivity contribution is -0.106. The van der Waals surface area contributed by atoms with Crippen molar-refractivity contribution >= 4 is 41.4 Å². The molecular weight excluding hydrogens is 690 g/mol. The Labute approximate surface area is 314 Å². The van der Waals surface area contributed by atoms with Crippen LogP contribution in [0.15, 0.2) is 85.2 Å². The number of para-hydroxylation sites is 1. The van der Waals surface area contributed by atoms with Crippen molar-refractivity contribution in [3.05, 3.63) is 119 Å². The van der Waals surface area contributed by atoms with Crippen LogP contribution in [0.2, 0.25) is 0 Å². The fraction of sp³-hybridized carbons (Fsp3) is 0.310. The van der Waals surface area contributed by atoms with Crippen LogP contribution < -0.4 is 15.5 Å². The van der Waals surface area contributed by atoms with Crippen LogP contribution in [-0.2, 0) is 16.0 Å². The smallest absolute Gasteiger partial charge is 0.258 e. The Morgan fingerprint density at radius 1 is 0.943 bits per heavy atom. The van der Waals surface area contributed by atoms with Gasteiger partial charge in [0.2, 0.25) is 6.41 Å². The van der Waals surface area contributed by atoms with Crippen LogP contribution in [0.3, 0.4) is 0 Å². The number of nitrogens with zero attached hydrogens (tertiary/aromatic N) is 4. The number of benzene rings is 2. The summed E-state index contributed by atoms with van der Waals surface area (Å²) in [5.74, 6) is 0.514. The monoisotopic (exact) mass is 735 g/mol. The van der Waals surface area contributed by atoms with Crippen molar-refractivity contribution in [3.8, 4) is 21.0 Å². The van der Waals surface area contributed by atoms with Gasteiger partial charge in [0.25, 0.3) is 5.91 Å². The fourth-order valence-electron chi connectivity index (χ4n) is 6.81. The van der Waals surface area contributed by atoms with E-state index in [1.54, 1.807) is 12.3 Å². The number of aromatic nitrogens is 2. The molecule has 0 atom stereocenters. The molecule has 2 N–H and O–H groups in total. The SMILES string of the molecule is CC.Cc1ccc(C(=O)N2CCc3cc(-c4ncccc4F)sc3-c3ccccc32)cc1.Cc1cnc(N2CC3(CCOCC3)C2)c(C=O)c1.NC=O. The molecule has 0 radical (unpaired) electrons. The minimum atomic E-state index is -0.321. The molecule has 3 aliphatic rings. The molecule has 6 heterocycles. The summed E-state index contributed by atoms with van der Waals surface area (Å²) < 4.78 is 19.7. The minimum absolute atomic E-state index is 0.00593. The molecular formula is C42H46FN5O4S. The maximum absolute atomic E-state index is 14.3. The molecule has 2 saturated heterocycles. The van der Waals surface area contributed by atoms with Crippen LogP contribution in [0.4, 0.5) is 15.9 Å². The molecule has 53 heavy (non-hydrogen) atoms. The number of hydrogen-bond acceptors (Lipinski definition) is 8. The molecule has 3 aromatic heterocycles. The number of primary amides is 1. The predicted octanol–water partition coefficient (Wildman–Crippen LogP) is 8.07. The third-order valence-electron chi connectivity index (χ3n) is 9.45. The van der Waals surface area contributed by atoms with E-state index in [0.29, 0.717) is 35.2 Å². The molecule has 5 aromatic rings. The topological polar surface area (TPSA) is 119 Å². The summed E-state index contributed by atoms with van der Waals surface area (Å²) in [7, 11) is 0. The second-order valence-corrected chi connectivity index (χ2v) is 14.1. The van der Waals surface area contributed by atoms with Gasteiger partial charge in [-0.2, -0.15) is 0 Å². The van der Waals surface area contributed by atoms with Crippen LogP contribution in [0, 0.1) is 25.1 Å². The van der Waals surface area contributed by atoms with Gasteiger partial charge in [-0.3, -0.25) is 19.4 Å². The number of fused-ring (bicyclic) bond motifs is 3. The summed E-state index contributed by atoms with van der Waals surface area (Å²) in [6.45, 7) is 12.3. The van der Waals surface area contributed by atoms with Crippen molar-refractivity contribution < 1.29 is 23.5 Å². The molecule has 2 fully saturated rings. The maximum atomic E-state index is 14.3. The number of carbonyl (C=O) groups excluding carboxylic acids is 3. The average Bonchev–Trinajstić information content (AvgIpc) is 3.53. The fourth-order valence-corrected chi connectivity index (χ4v) is 8.05. The third kappa shape index (κ3) is 8.86. The number of thiophene rings is 1. The molecule has 0 aliphatic carbocycles. The van der Waals surface area contributed by atoms with Gasteiger partial charge in [-0.15, -0.1) is 11.3 Å². The molecule has 276 valence electrons. The second kappa shape index (κ2) is 18.0. The summed E-state index contributed by atoms with van der Waals surface area (Å²) in [5.41, 5.74) is 11.5. The first-order chi connectivity index (χ1) is 25.8. The first-order valence-corrected chi connectivity index (χ1v) is 18.7. The molecule has 1 spiro atoms. The van der Waals surface area contributed by atoms with Gasteiger partial charge < -0.3 is 20.3 Å². The highest BCUT2D eigenvalue weighted by atomic mass is 32.1. The summed E-state index contributed by atoms with van der Waals surface area (Å²) >= 11 is 1.53. The average molecular weight is 736 g/mol. The second-order valence-electron chi connectivity index (χ2n) is 13.0. The Hall–Kier alpha value is -5.26. The van der Waals surface area contributed by atoms with Crippen LogP contribution in [0.1, 0.15) is 64.1 Å². The van der Waals surface area contributed by atoms with Gasteiger partial charge in [0.15, 0.2) is 6.29 Å². The van der Waals surface area contributed by atoms with E-state index in [9.17, 15) is 14.0 Å². The number of aldehydes is 1. The van der Waals surface area contributed by atoms with Gasteiger partial charge in [-0.05, 0) is 86.7 Å². The Kier molecular flexibility index (Phi) is 13.2. The van der Waals surface area contributed by atoms with Gasteiger partial charge in [0.05, 0.1) is 16.1 Å². The first-order valence-electron chi connectivity index (χ1n) is 17.9. The van der Waals surface area contributed by atoms with Crippen molar-refractivity contribution in [2.75, 3.05) is 42.6 Å². The molecule has 0 unspecified atom stereocenters. The molecule has 3 aliphatic heterocycles. The first kappa shape index (κ1) is 39.0. The van der Waals surface area contributed by atoms with Crippen molar-refractivity contribution in [1.29, 1.82) is 0 Å². The number of pyridine rings is 2. The third-order valence-corrected chi connectivity index (χ3v) is 10.7. The molecule has 11 heteroatoms. The summed E-state index contributed by atoms with van der Waals surface area (Å²) in [5, 5.41) is 0. The summed E-state index contributed by atoms with van der Waals surface area (Å²) in [6.07, 6.45) is 7.56. The number of amides is 2. The van der Waals surface area contributed by atoms with Gasteiger partial charge in [-0.25, -0.2) is 9.37 Å². The number of carbonyl (C=O) groups is 3. The molecule has 8 rings (SSSR count). The van der Waals surface area contributed by atoms with Crippen LogP contribution in [0.5, 0.6) is 0 Å².